The van der Waals surface area contributed by atoms with Crippen LogP contribution >= 0.6 is 0 Å². The summed E-state index contributed by atoms with van der Waals surface area (Å²) >= 11 is 0. The highest BCUT2D eigenvalue weighted by Gasteiger charge is 2.24. The first-order valence-corrected chi connectivity index (χ1v) is 8.58. The second kappa shape index (κ2) is 6.89. The molecule has 5 heteroatoms. The van der Waals surface area contributed by atoms with Gasteiger partial charge in [-0.1, -0.05) is 30.3 Å². The van der Waals surface area contributed by atoms with Crippen molar-refractivity contribution in [3.05, 3.63) is 78.0 Å². The molecule has 1 aliphatic rings. The second-order valence-corrected chi connectivity index (χ2v) is 6.37. The summed E-state index contributed by atoms with van der Waals surface area (Å²) in [6.45, 7) is 0.467. The number of fused-ring (bicyclic) bond motifs is 1. The molecule has 1 atom stereocenters. The summed E-state index contributed by atoms with van der Waals surface area (Å²) < 4.78 is 1.86. The minimum atomic E-state index is 0.0853. The number of nitrogens with zero attached hydrogens (tertiary/aromatic N) is 3. The van der Waals surface area contributed by atoms with Gasteiger partial charge in [0, 0.05) is 37.1 Å². The van der Waals surface area contributed by atoms with E-state index in [9.17, 15) is 4.79 Å². The Labute approximate surface area is 146 Å². The van der Waals surface area contributed by atoms with Gasteiger partial charge in [-0.3, -0.25) is 9.36 Å². The Balaban J connectivity index is 1.41. The number of aryl methyl sites for hydroxylation is 1. The van der Waals surface area contributed by atoms with Gasteiger partial charge < -0.3 is 5.32 Å². The van der Waals surface area contributed by atoms with Gasteiger partial charge in [0.05, 0.1) is 0 Å². The number of aromatic nitrogens is 3. The van der Waals surface area contributed by atoms with E-state index >= 15 is 0 Å². The lowest BCUT2D eigenvalue weighted by Crippen LogP contribution is -2.25. The molecule has 2 aromatic heterocycles. The predicted molar refractivity (Wildman–Crippen MR) is 95.3 cm³/mol. The van der Waals surface area contributed by atoms with Crippen LogP contribution in [0.15, 0.2) is 61.3 Å². The number of hydrogen-bond acceptors (Lipinski definition) is 3. The monoisotopic (exact) mass is 332 g/mol. The van der Waals surface area contributed by atoms with Gasteiger partial charge in [-0.15, -0.1) is 0 Å². The average molecular weight is 332 g/mol. The molecule has 25 heavy (non-hydrogen) atoms. The molecule has 0 saturated carbocycles. The first kappa shape index (κ1) is 15.6. The van der Waals surface area contributed by atoms with Crippen LogP contribution in [0.2, 0.25) is 0 Å². The highest BCUT2D eigenvalue weighted by molar-refractivity contribution is 5.77. The van der Waals surface area contributed by atoms with E-state index in [0.717, 1.165) is 24.2 Å². The zero-order valence-electron chi connectivity index (χ0n) is 13.9. The molecule has 0 aliphatic heterocycles. The molecule has 126 valence electrons. The van der Waals surface area contributed by atoms with E-state index in [4.69, 9.17) is 0 Å². The Morgan fingerprint density at radius 2 is 2.12 bits per heavy atom. The quantitative estimate of drug-likeness (QED) is 0.781. The van der Waals surface area contributed by atoms with Crippen LogP contribution in [0.1, 0.15) is 35.4 Å². The minimum absolute atomic E-state index is 0.0853. The summed E-state index contributed by atoms with van der Waals surface area (Å²) in [6, 6.07) is 12.3. The average Bonchev–Trinajstić information content (AvgIpc) is 3.31. The number of amides is 1. The van der Waals surface area contributed by atoms with E-state index in [1.807, 2.05) is 22.9 Å². The smallest absolute Gasteiger partial charge is 0.220 e. The molecule has 0 radical (unpaired) electrons. The molecular formula is C20H20N4O. The second-order valence-electron chi connectivity index (χ2n) is 6.37. The molecule has 1 amide bonds. The van der Waals surface area contributed by atoms with Gasteiger partial charge in [0.2, 0.25) is 5.91 Å². The van der Waals surface area contributed by atoms with Crippen LogP contribution in [0.3, 0.4) is 0 Å². The molecule has 1 N–H and O–H groups in total. The molecule has 0 saturated heterocycles. The molecule has 1 aliphatic carbocycles. The SMILES string of the molecule is O=C(C[C@@H]1CCc2ccccc21)NCc1cccnc1-n1ccnc1. The molecule has 4 rings (SSSR count). The van der Waals surface area contributed by atoms with Crippen LogP contribution in [-0.2, 0) is 17.8 Å². The number of nitrogens with one attached hydrogen (secondary N) is 1. The van der Waals surface area contributed by atoms with Crippen LogP contribution < -0.4 is 5.32 Å². The van der Waals surface area contributed by atoms with Gasteiger partial charge in [0.1, 0.15) is 12.1 Å². The van der Waals surface area contributed by atoms with Crippen LogP contribution in [0.5, 0.6) is 0 Å². The fraction of sp³-hybridized carbons (Fsp3) is 0.250. The van der Waals surface area contributed by atoms with Crippen molar-refractivity contribution < 1.29 is 4.79 Å². The van der Waals surface area contributed by atoms with Crippen molar-refractivity contribution in [1.82, 2.24) is 19.9 Å². The number of rotatable bonds is 5. The lowest BCUT2D eigenvalue weighted by Gasteiger charge is -2.13. The van der Waals surface area contributed by atoms with E-state index in [-0.39, 0.29) is 5.91 Å². The number of carbonyl (C=O) groups is 1. The summed E-state index contributed by atoms with van der Waals surface area (Å²) in [5.74, 6) is 1.21. The lowest BCUT2D eigenvalue weighted by atomic mass is 9.97. The highest BCUT2D eigenvalue weighted by atomic mass is 16.1. The largest absolute Gasteiger partial charge is 0.352 e. The fourth-order valence-electron chi connectivity index (χ4n) is 3.53. The summed E-state index contributed by atoms with van der Waals surface area (Å²) in [5.41, 5.74) is 3.69. The number of benzene rings is 1. The normalized spacial score (nSPS) is 15.8. The summed E-state index contributed by atoms with van der Waals surface area (Å²) in [5, 5.41) is 3.05. The number of pyridine rings is 1. The van der Waals surface area contributed by atoms with Gasteiger partial charge in [0.15, 0.2) is 0 Å². The first-order chi connectivity index (χ1) is 12.3. The number of carbonyl (C=O) groups excluding carboxylic acids is 1. The Morgan fingerprint density at radius 3 is 3.00 bits per heavy atom. The maximum Gasteiger partial charge on any atom is 0.220 e. The predicted octanol–water partition coefficient (Wildman–Crippen LogP) is 3.00. The van der Waals surface area contributed by atoms with Crippen LogP contribution in [-0.4, -0.2) is 20.4 Å². The van der Waals surface area contributed by atoms with E-state index < -0.39 is 0 Å². The lowest BCUT2D eigenvalue weighted by molar-refractivity contribution is -0.121. The van der Waals surface area contributed by atoms with Crippen molar-refractivity contribution in [2.24, 2.45) is 0 Å². The van der Waals surface area contributed by atoms with E-state index in [2.05, 4.69) is 39.6 Å². The maximum absolute atomic E-state index is 12.4. The molecule has 1 aromatic carbocycles. The fourth-order valence-corrected chi connectivity index (χ4v) is 3.53. The van der Waals surface area contributed by atoms with Crippen molar-refractivity contribution in [2.75, 3.05) is 0 Å². The van der Waals surface area contributed by atoms with Crippen molar-refractivity contribution in [1.29, 1.82) is 0 Å². The topological polar surface area (TPSA) is 59.8 Å². The van der Waals surface area contributed by atoms with Crippen LogP contribution in [0.25, 0.3) is 5.82 Å². The minimum Gasteiger partial charge on any atom is -0.352 e. The van der Waals surface area contributed by atoms with Gasteiger partial charge in [-0.25, -0.2) is 9.97 Å². The Kier molecular flexibility index (Phi) is 4.29. The molecule has 5 nitrogen and oxygen atoms in total. The zero-order valence-corrected chi connectivity index (χ0v) is 13.9. The number of hydrogen-bond donors (Lipinski definition) is 1. The van der Waals surface area contributed by atoms with Gasteiger partial charge in [-0.05, 0) is 36.0 Å². The molecular weight excluding hydrogens is 312 g/mol. The Morgan fingerprint density at radius 1 is 1.20 bits per heavy atom. The molecule has 0 fully saturated rings. The number of imidazole rings is 1. The summed E-state index contributed by atoms with van der Waals surface area (Å²) in [4.78, 5) is 20.9. The molecule has 2 heterocycles. The maximum atomic E-state index is 12.4. The van der Waals surface area contributed by atoms with Gasteiger partial charge >= 0.3 is 0 Å². The zero-order chi connectivity index (χ0) is 17.1. The van der Waals surface area contributed by atoms with Crippen molar-refractivity contribution in [2.45, 2.75) is 31.7 Å². The Hall–Kier alpha value is -2.95. The third-order valence-electron chi connectivity index (χ3n) is 4.78. The summed E-state index contributed by atoms with van der Waals surface area (Å²) in [6.07, 6.45) is 9.69. The van der Waals surface area contributed by atoms with E-state index in [1.54, 1.807) is 18.7 Å². The van der Waals surface area contributed by atoms with Gasteiger partial charge in [-0.2, -0.15) is 0 Å². The van der Waals surface area contributed by atoms with Crippen LogP contribution in [0, 0.1) is 0 Å². The summed E-state index contributed by atoms with van der Waals surface area (Å²) in [7, 11) is 0. The third kappa shape index (κ3) is 3.31. The van der Waals surface area contributed by atoms with Crippen molar-refractivity contribution >= 4 is 5.91 Å². The standard InChI is InChI=1S/C20H20N4O/c25-19(12-16-8-7-15-4-1-2-6-18(15)16)23-13-17-5-3-9-22-20(17)24-11-10-21-14-24/h1-6,9-11,14,16H,7-8,12-13H2,(H,23,25)/t16-/m0/s1. The van der Waals surface area contributed by atoms with Crippen molar-refractivity contribution in [3.8, 4) is 5.82 Å². The van der Waals surface area contributed by atoms with Crippen LogP contribution in [0.4, 0.5) is 0 Å². The van der Waals surface area contributed by atoms with Crippen molar-refractivity contribution in [3.63, 3.8) is 0 Å². The molecule has 0 bridgehead atoms. The Bertz CT molecular complexity index is 873. The van der Waals surface area contributed by atoms with E-state index in [1.165, 1.54) is 11.1 Å². The molecule has 0 spiro atoms. The highest BCUT2D eigenvalue weighted by Crippen LogP contribution is 2.35. The van der Waals surface area contributed by atoms with E-state index in [0.29, 0.717) is 18.9 Å². The van der Waals surface area contributed by atoms with Gasteiger partial charge in [0.25, 0.3) is 0 Å². The third-order valence-corrected chi connectivity index (χ3v) is 4.78. The first-order valence-electron chi connectivity index (χ1n) is 8.58. The molecule has 3 aromatic rings. The molecule has 0 unspecified atom stereocenters.